The lowest BCUT2D eigenvalue weighted by atomic mass is 9.93. The summed E-state index contributed by atoms with van der Waals surface area (Å²) < 4.78 is 0.947. The van der Waals surface area contributed by atoms with Crippen LogP contribution in [0.1, 0.15) is 31.4 Å². The number of aromatic hydroxyl groups is 1. The van der Waals surface area contributed by atoms with E-state index < -0.39 is 12.1 Å². The zero-order valence-electron chi connectivity index (χ0n) is 10.6. The number of halogens is 1. The monoisotopic (exact) mass is 376 g/mol. The van der Waals surface area contributed by atoms with Gasteiger partial charge in [-0.05, 0) is 59.5 Å². The molecule has 0 saturated carbocycles. The van der Waals surface area contributed by atoms with Crippen molar-refractivity contribution in [1.82, 2.24) is 0 Å². The fraction of sp³-hybridized carbons (Fsp3) is 0.357. The maximum atomic E-state index is 10.3. The van der Waals surface area contributed by atoms with Crippen LogP contribution in [0.2, 0.25) is 0 Å². The van der Waals surface area contributed by atoms with Gasteiger partial charge < -0.3 is 15.3 Å². The molecule has 0 aromatic heterocycles. The molecule has 3 N–H and O–H groups in total. The molecule has 0 saturated heterocycles. The van der Waals surface area contributed by atoms with Crippen molar-refractivity contribution in [3.8, 4) is 5.75 Å². The van der Waals surface area contributed by atoms with Crippen LogP contribution in [0, 0.1) is 9.49 Å². The van der Waals surface area contributed by atoms with Gasteiger partial charge in [-0.3, -0.25) is 0 Å². The number of aliphatic hydroxyl groups is 1. The lowest BCUT2D eigenvalue weighted by Crippen LogP contribution is -2.09. The highest BCUT2D eigenvalue weighted by Gasteiger charge is 2.19. The summed E-state index contributed by atoms with van der Waals surface area (Å²) in [6.45, 7) is 1.87. The molecule has 2 atom stereocenters. The number of allylic oxidation sites excluding steroid dienone is 1. The molecule has 1 aromatic carbocycles. The van der Waals surface area contributed by atoms with Crippen LogP contribution in [0.5, 0.6) is 5.75 Å². The summed E-state index contributed by atoms with van der Waals surface area (Å²) in [5.41, 5.74) is 0.515. The van der Waals surface area contributed by atoms with Crippen LogP contribution in [0.15, 0.2) is 30.4 Å². The van der Waals surface area contributed by atoms with Crippen molar-refractivity contribution in [2.75, 3.05) is 0 Å². The van der Waals surface area contributed by atoms with E-state index in [0.717, 1.165) is 9.65 Å². The maximum Gasteiger partial charge on any atom is 0.327 e. The van der Waals surface area contributed by atoms with Gasteiger partial charge in [-0.15, -0.1) is 0 Å². The molecule has 5 heteroatoms. The van der Waals surface area contributed by atoms with Gasteiger partial charge in [0.2, 0.25) is 0 Å². The lowest BCUT2D eigenvalue weighted by Gasteiger charge is -2.19. The summed E-state index contributed by atoms with van der Waals surface area (Å²) in [7, 11) is 0. The van der Waals surface area contributed by atoms with E-state index in [1.807, 2.05) is 6.92 Å². The second kappa shape index (κ2) is 7.49. The molecule has 0 radical (unpaired) electrons. The molecule has 1 aromatic rings. The van der Waals surface area contributed by atoms with Crippen LogP contribution in [-0.2, 0) is 4.79 Å². The second-order valence-corrected chi connectivity index (χ2v) is 5.69. The highest BCUT2D eigenvalue weighted by molar-refractivity contribution is 14.1. The van der Waals surface area contributed by atoms with E-state index in [1.165, 1.54) is 0 Å². The number of hydrogen-bond donors (Lipinski definition) is 3. The number of phenols is 1. The van der Waals surface area contributed by atoms with Crippen molar-refractivity contribution in [2.45, 2.75) is 25.9 Å². The Morgan fingerprint density at radius 2 is 2.16 bits per heavy atom. The second-order valence-electron chi connectivity index (χ2n) is 4.44. The van der Waals surface area contributed by atoms with E-state index >= 15 is 0 Å². The molecule has 0 unspecified atom stereocenters. The third kappa shape index (κ3) is 5.20. The minimum atomic E-state index is -0.969. The molecule has 0 heterocycles. The number of aliphatic hydroxyl groups excluding tert-OH is 1. The Hall–Kier alpha value is -1.08. The van der Waals surface area contributed by atoms with Gasteiger partial charge in [-0.1, -0.05) is 13.0 Å². The summed E-state index contributed by atoms with van der Waals surface area (Å²) in [5, 5.41) is 28.4. The average molecular weight is 376 g/mol. The Balaban J connectivity index is 2.63. The third-order valence-corrected chi connectivity index (χ3v) is 3.57. The first-order valence-corrected chi connectivity index (χ1v) is 7.05. The number of benzene rings is 1. The number of carboxylic acid groups (broad SMARTS) is 1. The fourth-order valence-electron chi connectivity index (χ4n) is 1.77. The first kappa shape index (κ1) is 16.0. The summed E-state index contributed by atoms with van der Waals surface area (Å²) >= 11 is 2.12. The highest BCUT2D eigenvalue weighted by Crippen LogP contribution is 2.32. The van der Waals surface area contributed by atoms with Crippen molar-refractivity contribution in [2.24, 2.45) is 5.92 Å². The van der Waals surface area contributed by atoms with Crippen molar-refractivity contribution in [1.29, 1.82) is 0 Å². The molecule has 0 fully saturated rings. The largest absolute Gasteiger partial charge is 0.508 e. The van der Waals surface area contributed by atoms with E-state index in [4.69, 9.17) is 5.11 Å². The van der Waals surface area contributed by atoms with Crippen LogP contribution in [-0.4, -0.2) is 21.3 Å². The molecule has 4 nitrogen and oxygen atoms in total. The summed E-state index contributed by atoms with van der Waals surface area (Å²) in [4.78, 5) is 10.3. The minimum absolute atomic E-state index is 0.0671. The first-order chi connectivity index (χ1) is 8.91. The van der Waals surface area contributed by atoms with Gasteiger partial charge in [-0.25, -0.2) is 4.79 Å². The van der Waals surface area contributed by atoms with E-state index in [-0.39, 0.29) is 11.7 Å². The Morgan fingerprint density at radius 3 is 2.79 bits per heavy atom. The summed E-state index contributed by atoms with van der Waals surface area (Å²) in [5.74, 6) is -0.952. The van der Waals surface area contributed by atoms with Crippen molar-refractivity contribution in [3.05, 3.63) is 39.5 Å². The van der Waals surface area contributed by atoms with Gasteiger partial charge in [0.15, 0.2) is 0 Å². The standard InChI is InChI=1S/C14H17IO4/c1-9(4-2-3-5-13(17)18)14(19)11-8-10(15)6-7-12(11)16/h3,5-9,14,16,19H,2,4H2,1H3,(H,17,18)/b5-3+/t9-,14-/m0/s1. The SMILES string of the molecule is C[C@@H](CC/C=C/C(=O)O)[C@H](O)c1cc(I)ccc1O. The van der Waals surface area contributed by atoms with Crippen LogP contribution < -0.4 is 0 Å². The molecule has 0 spiro atoms. The number of carbonyl (C=O) groups is 1. The molecule has 104 valence electrons. The van der Waals surface area contributed by atoms with Crippen LogP contribution >= 0.6 is 22.6 Å². The maximum absolute atomic E-state index is 10.3. The Labute approximate surface area is 125 Å². The summed E-state index contributed by atoms with van der Waals surface area (Å²) in [6, 6.07) is 5.09. The first-order valence-electron chi connectivity index (χ1n) is 5.97. The van der Waals surface area contributed by atoms with E-state index in [2.05, 4.69) is 22.6 Å². The Morgan fingerprint density at radius 1 is 1.47 bits per heavy atom. The zero-order valence-corrected chi connectivity index (χ0v) is 12.7. The normalized spacial score (nSPS) is 14.5. The minimum Gasteiger partial charge on any atom is -0.508 e. The summed E-state index contributed by atoms with van der Waals surface area (Å²) in [6.07, 6.45) is 3.14. The third-order valence-electron chi connectivity index (χ3n) is 2.90. The van der Waals surface area contributed by atoms with Gasteiger partial charge in [0.05, 0.1) is 6.10 Å². The predicted octanol–water partition coefficient (Wildman–Crippen LogP) is 3.09. The van der Waals surface area contributed by atoms with Gasteiger partial charge in [0.25, 0.3) is 0 Å². The molecule has 0 bridgehead atoms. The quantitative estimate of drug-likeness (QED) is 0.527. The lowest BCUT2D eigenvalue weighted by molar-refractivity contribution is -0.131. The Bertz CT molecular complexity index is 471. The topological polar surface area (TPSA) is 77.8 Å². The molecule has 0 amide bonds. The van der Waals surface area contributed by atoms with Crippen molar-refractivity contribution < 1.29 is 20.1 Å². The Kier molecular flexibility index (Phi) is 6.30. The van der Waals surface area contributed by atoms with Gasteiger partial charge in [0, 0.05) is 15.2 Å². The fourth-order valence-corrected chi connectivity index (χ4v) is 2.29. The molecule has 0 aliphatic carbocycles. The molecule has 1 rings (SSSR count). The van der Waals surface area contributed by atoms with Gasteiger partial charge >= 0.3 is 5.97 Å². The van der Waals surface area contributed by atoms with Crippen molar-refractivity contribution in [3.63, 3.8) is 0 Å². The molecule has 19 heavy (non-hydrogen) atoms. The number of carboxylic acids is 1. The number of rotatable bonds is 6. The molecule has 0 aliphatic rings. The van der Waals surface area contributed by atoms with E-state index in [0.29, 0.717) is 18.4 Å². The predicted molar refractivity (Wildman–Crippen MR) is 81.0 cm³/mol. The van der Waals surface area contributed by atoms with Crippen LogP contribution in [0.4, 0.5) is 0 Å². The van der Waals surface area contributed by atoms with E-state index in [1.54, 1.807) is 24.3 Å². The smallest absolute Gasteiger partial charge is 0.327 e. The molecule has 0 aliphatic heterocycles. The van der Waals surface area contributed by atoms with Crippen molar-refractivity contribution >= 4 is 28.6 Å². The van der Waals surface area contributed by atoms with E-state index in [9.17, 15) is 15.0 Å². The van der Waals surface area contributed by atoms with Gasteiger partial charge in [-0.2, -0.15) is 0 Å². The average Bonchev–Trinajstić information content (AvgIpc) is 2.36. The van der Waals surface area contributed by atoms with Crippen LogP contribution in [0.3, 0.4) is 0 Å². The number of phenolic OH excluding ortho intramolecular Hbond substituents is 1. The molecular formula is C14H17IO4. The van der Waals surface area contributed by atoms with Gasteiger partial charge in [0.1, 0.15) is 5.75 Å². The highest BCUT2D eigenvalue weighted by atomic mass is 127. The zero-order chi connectivity index (χ0) is 14.4. The number of hydrogen-bond acceptors (Lipinski definition) is 3. The molecular weight excluding hydrogens is 359 g/mol. The van der Waals surface area contributed by atoms with Crippen LogP contribution in [0.25, 0.3) is 0 Å². The number of aliphatic carboxylic acids is 1.